The molecular formula is C16H29NO3. The molecule has 116 valence electrons. The third-order valence-corrected chi connectivity index (χ3v) is 4.26. The lowest BCUT2D eigenvalue weighted by Gasteiger charge is -2.36. The molecule has 4 nitrogen and oxygen atoms in total. The van der Waals surface area contributed by atoms with Crippen LogP contribution in [0.4, 0.5) is 0 Å². The second-order valence-corrected chi connectivity index (χ2v) is 6.86. The van der Waals surface area contributed by atoms with E-state index in [1.54, 1.807) is 0 Å². The average Bonchev–Trinajstić information content (AvgIpc) is 2.36. The second kappa shape index (κ2) is 7.09. The molecule has 0 heterocycles. The van der Waals surface area contributed by atoms with E-state index in [0.29, 0.717) is 25.3 Å². The highest BCUT2D eigenvalue weighted by molar-refractivity contribution is 5.85. The van der Waals surface area contributed by atoms with E-state index in [0.717, 1.165) is 19.3 Å². The molecule has 1 rings (SSSR count). The van der Waals surface area contributed by atoms with Crippen LogP contribution in [0.3, 0.4) is 0 Å². The summed E-state index contributed by atoms with van der Waals surface area (Å²) in [6.07, 6.45) is 4.37. The van der Waals surface area contributed by atoms with E-state index >= 15 is 0 Å². The lowest BCUT2D eigenvalue weighted by Crippen LogP contribution is -2.44. The summed E-state index contributed by atoms with van der Waals surface area (Å²) in [5.41, 5.74) is -0.820. The number of carboxylic acids is 1. The Morgan fingerprint density at radius 1 is 1.10 bits per heavy atom. The molecule has 0 spiro atoms. The van der Waals surface area contributed by atoms with Crippen LogP contribution in [0.5, 0.6) is 0 Å². The zero-order valence-corrected chi connectivity index (χ0v) is 13.3. The van der Waals surface area contributed by atoms with Gasteiger partial charge in [0.2, 0.25) is 5.91 Å². The van der Waals surface area contributed by atoms with Gasteiger partial charge in [-0.05, 0) is 32.6 Å². The molecule has 1 N–H and O–H groups in total. The van der Waals surface area contributed by atoms with Gasteiger partial charge in [0.1, 0.15) is 0 Å². The number of carbonyl (C=O) groups excluding carboxylic acids is 1. The summed E-state index contributed by atoms with van der Waals surface area (Å²) in [4.78, 5) is 26.1. The maximum Gasteiger partial charge on any atom is 0.310 e. The van der Waals surface area contributed by atoms with Crippen molar-refractivity contribution >= 4 is 11.9 Å². The van der Waals surface area contributed by atoms with E-state index in [1.807, 2.05) is 18.7 Å². The molecule has 20 heavy (non-hydrogen) atoms. The third kappa shape index (κ3) is 4.22. The lowest BCUT2D eigenvalue weighted by atomic mass is 9.71. The summed E-state index contributed by atoms with van der Waals surface area (Å²) in [6, 6.07) is 0.124. The summed E-state index contributed by atoms with van der Waals surface area (Å²) in [5.74, 6) is -0.398. The maximum atomic E-state index is 12.6. The summed E-state index contributed by atoms with van der Waals surface area (Å²) < 4.78 is 0. The molecule has 1 amide bonds. The average molecular weight is 283 g/mol. The summed E-state index contributed by atoms with van der Waals surface area (Å²) >= 11 is 0. The molecule has 0 radical (unpaired) electrons. The van der Waals surface area contributed by atoms with E-state index in [9.17, 15) is 14.7 Å². The minimum Gasteiger partial charge on any atom is -0.481 e. The lowest BCUT2D eigenvalue weighted by molar-refractivity contribution is -0.156. The molecule has 1 aliphatic rings. The Labute approximate surface area is 122 Å². The summed E-state index contributed by atoms with van der Waals surface area (Å²) in [5, 5.41) is 9.57. The molecule has 1 saturated carbocycles. The summed E-state index contributed by atoms with van der Waals surface area (Å²) in [6.45, 7) is 8.85. The molecule has 4 heteroatoms. The van der Waals surface area contributed by atoms with Crippen molar-refractivity contribution in [3.63, 3.8) is 0 Å². The van der Waals surface area contributed by atoms with Crippen molar-refractivity contribution in [1.82, 2.24) is 4.90 Å². The van der Waals surface area contributed by atoms with Crippen LogP contribution in [0.15, 0.2) is 0 Å². The van der Waals surface area contributed by atoms with E-state index in [-0.39, 0.29) is 18.4 Å². The second-order valence-electron chi connectivity index (χ2n) is 6.86. The van der Waals surface area contributed by atoms with E-state index < -0.39 is 11.4 Å². The van der Waals surface area contributed by atoms with Crippen LogP contribution in [0.25, 0.3) is 0 Å². The fourth-order valence-corrected chi connectivity index (χ4v) is 3.08. The Balaban J connectivity index is 2.80. The normalized spacial score (nSPS) is 18.3. The zero-order chi connectivity index (χ0) is 15.3. The Kier molecular flexibility index (Phi) is 6.03. The van der Waals surface area contributed by atoms with Gasteiger partial charge in [0.15, 0.2) is 0 Å². The van der Waals surface area contributed by atoms with Crippen molar-refractivity contribution in [2.24, 2.45) is 11.3 Å². The number of aliphatic carboxylic acids is 1. The Morgan fingerprint density at radius 2 is 1.65 bits per heavy atom. The molecule has 0 saturated heterocycles. The van der Waals surface area contributed by atoms with Crippen LogP contribution in [-0.4, -0.2) is 34.5 Å². The van der Waals surface area contributed by atoms with Crippen molar-refractivity contribution in [3.05, 3.63) is 0 Å². The van der Waals surface area contributed by atoms with Crippen molar-refractivity contribution < 1.29 is 14.7 Å². The van der Waals surface area contributed by atoms with Gasteiger partial charge in [-0.15, -0.1) is 0 Å². The van der Waals surface area contributed by atoms with Gasteiger partial charge < -0.3 is 10.0 Å². The number of rotatable bonds is 6. The molecule has 0 aromatic rings. The molecule has 0 aliphatic heterocycles. The van der Waals surface area contributed by atoms with E-state index in [2.05, 4.69) is 13.8 Å². The van der Waals surface area contributed by atoms with Crippen LogP contribution in [0.2, 0.25) is 0 Å². The van der Waals surface area contributed by atoms with Crippen LogP contribution in [0, 0.1) is 11.3 Å². The van der Waals surface area contributed by atoms with Gasteiger partial charge in [0.05, 0.1) is 5.41 Å². The first-order valence-corrected chi connectivity index (χ1v) is 7.81. The van der Waals surface area contributed by atoms with Crippen LogP contribution < -0.4 is 0 Å². The van der Waals surface area contributed by atoms with Gasteiger partial charge in [-0.3, -0.25) is 9.59 Å². The standard InChI is InChI=1S/C16H29NO3/c1-12(2)11-17(13(3)4)14(18)10-16(15(19)20)8-6-5-7-9-16/h12-13H,5-11H2,1-4H3,(H,19,20). The predicted molar refractivity (Wildman–Crippen MR) is 79.5 cm³/mol. The highest BCUT2D eigenvalue weighted by atomic mass is 16.4. The molecule has 0 bridgehead atoms. The van der Waals surface area contributed by atoms with Crippen LogP contribution in [-0.2, 0) is 9.59 Å². The maximum absolute atomic E-state index is 12.6. The molecular weight excluding hydrogens is 254 g/mol. The SMILES string of the molecule is CC(C)CN(C(=O)CC1(C(=O)O)CCCCC1)C(C)C. The van der Waals surface area contributed by atoms with Crippen molar-refractivity contribution in [1.29, 1.82) is 0 Å². The number of nitrogens with zero attached hydrogens (tertiary/aromatic N) is 1. The first-order valence-electron chi connectivity index (χ1n) is 7.81. The largest absolute Gasteiger partial charge is 0.481 e. The van der Waals surface area contributed by atoms with Gasteiger partial charge in [-0.2, -0.15) is 0 Å². The smallest absolute Gasteiger partial charge is 0.310 e. The third-order valence-electron chi connectivity index (χ3n) is 4.26. The monoisotopic (exact) mass is 283 g/mol. The molecule has 1 aliphatic carbocycles. The van der Waals surface area contributed by atoms with Gasteiger partial charge >= 0.3 is 5.97 Å². The fourth-order valence-electron chi connectivity index (χ4n) is 3.08. The Hall–Kier alpha value is -1.06. The molecule has 0 aromatic carbocycles. The molecule has 0 aromatic heterocycles. The molecule has 0 unspecified atom stereocenters. The first-order chi connectivity index (χ1) is 9.28. The van der Waals surface area contributed by atoms with E-state index in [1.165, 1.54) is 0 Å². The predicted octanol–water partition coefficient (Wildman–Crippen LogP) is 3.30. The first kappa shape index (κ1) is 17.0. The zero-order valence-electron chi connectivity index (χ0n) is 13.3. The summed E-state index contributed by atoms with van der Waals surface area (Å²) in [7, 11) is 0. The van der Waals surface area contributed by atoms with Crippen molar-refractivity contribution in [2.45, 2.75) is 72.3 Å². The quantitative estimate of drug-likeness (QED) is 0.813. The van der Waals surface area contributed by atoms with E-state index in [4.69, 9.17) is 0 Å². The number of carboxylic acid groups (broad SMARTS) is 1. The number of hydrogen-bond donors (Lipinski definition) is 1. The number of carbonyl (C=O) groups is 2. The number of amides is 1. The molecule has 1 fully saturated rings. The van der Waals surface area contributed by atoms with Gasteiger partial charge in [0.25, 0.3) is 0 Å². The van der Waals surface area contributed by atoms with Gasteiger partial charge in [0, 0.05) is 19.0 Å². The highest BCUT2D eigenvalue weighted by Gasteiger charge is 2.42. The van der Waals surface area contributed by atoms with Gasteiger partial charge in [-0.1, -0.05) is 33.1 Å². The number of hydrogen-bond acceptors (Lipinski definition) is 2. The highest BCUT2D eigenvalue weighted by Crippen LogP contribution is 2.40. The minimum absolute atomic E-state index is 0.00185. The molecule has 0 atom stereocenters. The Bertz CT molecular complexity index is 344. The minimum atomic E-state index is -0.820. The van der Waals surface area contributed by atoms with Crippen LogP contribution >= 0.6 is 0 Å². The topological polar surface area (TPSA) is 57.6 Å². The Morgan fingerprint density at radius 3 is 2.05 bits per heavy atom. The van der Waals surface area contributed by atoms with Gasteiger partial charge in [-0.25, -0.2) is 0 Å². The fraction of sp³-hybridized carbons (Fsp3) is 0.875. The van der Waals surface area contributed by atoms with Crippen molar-refractivity contribution in [3.8, 4) is 0 Å². The van der Waals surface area contributed by atoms with Crippen LogP contribution in [0.1, 0.15) is 66.2 Å². The van der Waals surface area contributed by atoms with Crippen molar-refractivity contribution in [2.75, 3.05) is 6.54 Å².